The monoisotopic (exact) mass is 471 g/mol. The lowest BCUT2D eigenvalue weighted by Gasteiger charge is -2.15. The zero-order chi connectivity index (χ0) is 25.1. The number of amides is 1. The highest BCUT2D eigenvalue weighted by Gasteiger charge is 2.18. The second kappa shape index (κ2) is 13.0. The molecule has 0 saturated carbocycles. The molecule has 0 bridgehead atoms. The molecule has 2 aromatic heterocycles. The van der Waals surface area contributed by atoms with Crippen molar-refractivity contribution in [1.29, 1.82) is 0 Å². The molecule has 3 rings (SSSR count). The van der Waals surface area contributed by atoms with Crippen LogP contribution in [0.2, 0.25) is 0 Å². The number of hydrogen-bond acceptors (Lipinski definition) is 6. The predicted molar refractivity (Wildman–Crippen MR) is 139 cm³/mol. The summed E-state index contributed by atoms with van der Waals surface area (Å²) in [5, 5.41) is 0.953. The number of nitrogens with zero attached hydrogens (tertiary/aromatic N) is 3. The third-order valence-corrected chi connectivity index (χ3v) is 5.30. The Morgan fingerprint density at radius 3 is 2.35 bits per heavy atom. The van der Waals surface area contributed by atoms with Gasteiger partial charge in [0.2, 0.25) is 0 Å². The van der Waals surface area contributed by atoms with Gasteiger partial charge in [0.25, 0.3) is 0 Å². The molecule has 0 unspecified atom stereocenters. The van der Waals surface area contributed by atoms with Gasteiger partial charge in [0.05, 0.1) is 12.1 Å². The fourth-order valence-electron chi connectivity index (χ4n) is 3.74. The molecule has 0 spiro atoms. The number of carbonyl (C=O) groups excluding carboxylic acids is 1. The Hall–Kier alpha value is -3.03. The van der Waals surface area contributed by atoms with Crippen LogP contribution in [0.1, 0.15) is 79.0 Å². The van der Waals surface area contributed by atoms with Crippen molar-refractivity contribution < 1.29 is 14.4 Å². The molecule has 8 heteroatoms. The van der Waals surface area contributed by atoms with Gasteiger partial charge >= 0.3 is 6.09 Å². The molecule has 0 aliphatic heterocycles. The maximum absolute atomic E-state index is 10.6. The van der Waals surface area contributed by atoms with Crippen molar-refractivity contribution in [3.8, 4) is 0 Å². The number of nitrogens with two attached hydrogens (primary N) is 2. The van der Waals surface area contributed by atoms with Gasteiger partial charge in [-0.3, -0.25) is 0 Å². The maximum atomic E-state index is 10.6. The Morgan fingerprint density at radius 1 is 1.03 bits per heavy atom. The first-order valence-electron chi connectivity index (χ1n) is 12.3. The van der Waals surface area contributed by atoms with Crippen LogP contribution in [0.4, 0.5) is 10.6 Å². The van der Waals surface area contributed by atoms with Gasteiger partial charge in [0.15, 0.2) is 5.82 Å². The summed E-state index contributed by atoms with van der Waals surface area (Å²) >= 11 is 0. The van der Waals surface area contributed by atoms with Gasteiger partial charge in [-0.25, -0.2) is 14.8 Å². The van der Waals surface area contributed by atoms with Gasteiger partial charge in [-0.15, -0.1) is 0 Å². The molecule has 1 amide bonds. The average molecular weight is 472 g/mol. The van der Waals surface area contributed by atoms with E-state index in [9.17, 15) is 4.79 Å². The molecule has 0 atom stereocenters. The molecule has 188 valence electrons. The number of aromatic nitrogens is 3. The van der Waals surface area contributed by atoms with E-state index in [0.29, 0.717) is 29.8 Å². The Bertz CT molecular complexity index is 1060. The summed E-state index contributed by atoms with van der Waals surface area (Å²) in [7, 11) is 0. The molecule has 34 heavy (non-hydrogen) atoms. The third-order valence-electron chi connectivity index (χ3n) is 5.30. The topological polar surface area (TPSA) is 118 Å². The quantitative estimate of drug-likeness (QED) is 0.369. The van der Waals surface area contributed by atoms with Crippen molar-refractivity contribution in [3.63, 3.8) is 0 Å². The minimum absolute atomic E-state index is 0.284. The summed E-state index contributed by atoms with van der Waals surface area (Å²) in [6.07, 6.45) is 6.14. The molecule has 2 heterocycles. The van der Waals surface area contributed by atoms with Crippen LogP contribution in [0.15, 0.2) is 24.3 Å². The Labute approximate surface area is 203 Å². The predicted octanol–water partition coefficient (Wildman–Crippen LogP) is 5.65. The van der Waals surface area contributed by atoms with Crippen molar-refractivity contribution in [2.24, 2.45) is 11.1 Å². The van der Waals surface area contributed by atoms with Crippen molar-refractivity contribution in [3.05, 3.63) is 30.1 Å². The summed E-state index contributed by atoms with van der Waals surface area (Å²) in [6.45, 7) is 11.9. The number of ether oxygens (including phenoxy) is 1. The third kappa shape index (κ3) is 8.08. The summed E-state index contributed by atoms with van der Waals surface area (Å²) in [4.78, 5) is 25.8. The number of carbonyl (C=O) groups is 1. The van der Waals surface area contributed by atoms with Crippen LogP contribution in [0.25, 0.3) is 21.9 Å². The second-order valence-corrected chi connectivity index (χ2v) is 9.66. The highest BCUT2D eigenvalue weighted by atomic mass is 16.7. The van der Waals surface area contributed by atoms with E-state index in [-0.39, 0.29) is 6.61 Å². The molecular formula is C26H41N5O3. The molecule has 8 nitrogen and oxygen atoms in total. The summed E-state index contributed by atoms with van der Waals surface area (Å²) in [5.41, 5.74) is 14.0. The number of primary amides is 1. The number of rotatable bonds is 10. The van der Waals surface area contributed by atoms with E-state index in [2.05, 4.69) is 39.6 Å². The van der Waals surface area contributed by atoms with Crippen molar-refractivity contribution in [1.82, 2.24) is 14.7 Å². The number of unbranched alkanes of at least 4 members (excludes halogenated alkanes) is 2. The lowest BCUT2D eigenvalue weighted by molar-refractivity contribution is 0.101. The van der Waals surface area contributed by atoms with Gasteiger partial charge in [0.1, 0.15) is 23.5 Å². The number of aryl methyl sites for hydroxylation is 1. The lowest BCUT2D eigenvalue weighted by Crippen LogP contribution is -2.17. The Balaban J connectivity index is 0.000000509. The van der Waals surface area contributed by atoms with E-state index >= 15 is 0 Å². The van der Waals surface area contributed by atoms with Gasteiger partial charge in [-0.1, -0.05) is 65.7 Å². The largest absolute Gasteiger partial charge is 0.450 e. The molecule has 0 saturated heterocycles. The molecule has 0 aliphatic carbocycles. The van der Waals surface area contributed by atoms with Crippen LogP contribution in [-0.4, -0.2) is 34.0 Å². The van der Waals surface area contributed by atoms with E-state index in [1.807, 2.05) is 24.3 Å². The van der Waals surface area contributed by atoms with Gasteiger partial charge in [0, 0.05) is 11.8 Å². The van der Waals surface area contributed by atoms with E-state index in [4.69, 9.17) is 26.0 Å². The van der Waals surface area contributed by atoms with Gasteiger partial charge in [-0.05, 0) is 37.2 Å². The van der Waals surface area contributed by atoms with Gasteiger partial charge in [-0.2, -0.15) is 4.73 Å². The van der Waals surface area contributed by atoms with E-state index in [1.54, 1.807) is 4.73 Å². The van der Waals surface area contributed by atoms with Crippen LogP contribution < -0.4 is 16.3 Å². The summed E-state index contributed by atoms with van der Waals surface area (Å²) in [6, 6.07) is 7.81. The van der Waals surface area contributed by atoms with Crippen LogP contribution in [0.3, 0.4) is 0 Å². The minimum Gasteiger partial charge on any atom is -0.450 e. The highest BCUT2D eigenvalue weighted by molar-refractivity contribution is 6.06. The number of anilines is 1. The van der Waals surface area contributed by atoms with Gasteiger partial charge < -0.3 is 21.0 Å². The van der Waals surface area contributed by atoms with E-state index in [0.717, 1.165) is 47.9 Å². The first kappa shape index (κ1) is 27.2. The molecule has 0 fully saturated rings. The van der Waals surface area contributed by atoms with E-state index < -0.39 is 6.09 Å². The normalized spacial score (nSPS) is 11.3. The van der Waals surface area contributed by atoms with Crippen molar-refractivity contribution >= 4 is 33.8 Å². The number of benzene rings is 1. The first-order valence-corrected chi connectivity index (χ1v) is 12.3. The molecule has 0 aliphatic rings. The Morgan fingerprint density at radius 2 is 1.74 bits per heavy atom. The first-order chi connectivity index (χ1) is 16.2. The standard InChI is InChI=1S/C19H25N5O3.C7H16/c1-2-3-10-15-23-16-17(13-8-4-5-9-14(13)22-18(16)20)24(15)27-12-7-6-11-26-19(21)25;1-5-6-7(2,3)4/h4-5,8-9H,2-3,6-7,10-12H2,1H3,(H2,20,22)(H2,21,25);5-6H2,1-4H3. The summed E-state index contributed by atoms with van der Waals surface area (Å²) < 4.78 is 6.53. The molecule has 1 aromatic carbocycles. The SMILES string of the molecule is CCCC(C)(C)C.CCCCc1nc2c(N)nc3ccccc3c2n1OCCCCOC(N)=O. The molecule has 4 N–H and O–H groups in total. The number of fused-ring (bicyclic) bond motifs is 3. The minimum atomic E-state index is -0.757. The van der Waals surface area contributed by atoms with Crippen LogP contribution in [0, 0.1) is 5.41 Å². The van der Waals surface area contributed by atoms with Crippen LogP contribution >= 0.6 is 0 Å². The van der Waals surface area contributed by atoms with Crippen LogP contribution in [-0.2, 0) is 11.2 Å². The molecule has 0 radical (unpaired) electrons. The zero-order valence-electron chi connectivity index (χ0n) is 21.4. The maximum Gasteiger partial charge on any atom is 0.404 e. The smallest absolute Gasteiger partial charge is 0.404 e. The number of nitrogen functional groups attached to an aromatic ring is 1. The number of imidazole rings is 1. The molecular weight excluding hydrogens is 430 g/mol. The number of pyridine rings is 1. The highest BCUT2D eigenvalue weighted by Crippen LogP contribution is 2.28. The van der Waals surface area contributed by atoms with Crippen LogP contribution in [0.5, 0.6) is 0 Å². The zero-order valence-corrected chi connectivity index (χ0v) is 21.4. The lowest BCUT2D eigenvalue weighted by atomic mass is 9.91. The van der Waals surface area contributed by atoms with E-state index in [1.165, 1.54) is 12.8 Å². The summed E-state index contributed by atoms with van der Waals surface area (Å²) in [5.74, 6) is 1.24. The van der Waals surface area contributed by atoms with Crippen molar-refractivity contribution in [2.75, 3.05) is 18.9 Å². The fraction of sp³-hybridized carbons (Fsp3) is 0.577. The number of para-hydroxylation sites is 1. The second-order valence-electron chi connectivity index (χ2n) is 9.66. The Kier molecular flexibility index (Phi) is 10.4. The number of hydrogen-bond donors (Lipinski definition) is 2. The van der Waals surface area contributed by atoms with Crippen molar-refractivity contribution in [2.45, 2.75) is 79.6 Å². The molecule has 3 aromatic rings. The fourth-order valence-corrected chi connectivity index (χ4v) is 3.74. The average Bonchev–Trinajstić information content (AvgIpc) is 3.13.